The second-order valence-corrected chi connectivity index (χ2v) is 7.49. The van der Waals surface area contributed by atoms with E-state index in [-0.39, 0.29) is 41.9 Å². The average Bonchev–Trinajstić information content (AvgIpc) is 3.02. The minimum Gasteiger partial charge on any atom is -0.445 e. The standard InChI is InChI=1S/C17H21FN2O6S/c1-12(21)27-16-8-15(11-25-7-6-18)19(9-16)17(22)26-10-13-2-4-14(5-3-13)20(23)24/h2-5,15-16H,6-11H2,1H3/t15-,16-/m0/s1. The molecular formula is C17H21FN2O6S. The Kier molecular flexibility index (Phi) is 7.99. The molecule has 2 atom stereocenters. The van der Waals surface area contributed by atoms with Gasteiger partial charge >= 0.3 is 6.09 Å². The molecule has 148 valence electrons. The SMILES string of the molecule is CC(=O)S[C@H]1C[C@@H](COCCF)N(C(=O)OCc2ccc([N+](=O)[O-])cc2)C1. The number of carbonyl (C=O) groups excluding carboxylic acids is 2. The molecule has 8 nitrogen and oxygen atoms in total. The number of ether oxygens (including phenoxy) is 2. The Bertz CT molecular complexity index is 672. The molecule has 1 fully saturated rings. The highest BCUT2D eigenvalue weighted by atomic mass is 32.2. The van der Waals surface area contributed by atoms with Gasteiger partial charge in [0, 0.05) is 30.9 Å². The minimum atomic E-state index is -0.608. The summed E-state index contributed by atoms with van der Waals surface area (Å²) in [6.45, 7) is 1.29. The lowest BCUT2D eigenvalue weighted by molar-refractivity contribution is -0.384. The first-order valence-electron chi connectivity index (χ1n) is 8.38. The average molecular weight is 400 g/mol. The molecule has 0 saturated carbocycles. The Hall–Kier alpha value is -2.20. The zero-order valence-electron chi connectivity index (χ0n) is 14.8. The fraction of sp³-hybridized carbons (Fsp3) is 0.529. The number of nitro benzene ring substituents is 1. The number of nitrogens with zero attached hydrogens (tertiary/aromatic N) is 2. The topological polar surface area (TPSA) is 99.0 Å². The predicted octanol–water partition coefficient (Wildman–Crippen LogP) is 2.94. The van der Waals surface area contributed by atoms with Gasteiger partial charge in [-0.15, -0.1) is 0 Å². The first kappa shape index (κ1) is 21.1. The molecule has 10 heteroatoms. The molecule has 1 heterocycles. The van der Waals surface area contributed by atoms with Crippen LogP contribution in [0.25, 0.3) is 0 Å². The van der Waals surface area contributed by atoms with Gasteiger partial charge in [0.25, 0.3) is 5.69 Å². The molecule has 1 aromatic rings. The lowest BCUT2D eigenvalue weighted by Gasteiger charge is -2.23. The Morgan fingerprint density at radius 2 is 2.07 bits per heavy atom. The van der Waals surface area contributed by atoms with Gasteiger partial charge in [-0.05, 0) is 24.1 Å². The summed E-state index contributed by atoms with van der Waals surface area (Å²) in [5.74, 6) is 0. The van der Waals surface area contributed by atoms with E-state index in [9.17, 15) is 24.1 Å². The minimum absolute atomic E-state index is 0.0318. The van der Waals surface area contributed by atoms with Gasteiger partial charge in [-0.25, -0.2) is 9.18 Å². The van der Waals surface area contributed by atoms with Crippen LogP contribution in [0.15, 0.2) is 24.3 Å². The summed E-state index contributed by atoms with van der Waals surface area (Å²) in [6, 6.07) is 5.42. The van der Waals surface area contributed by atoms with E-state index in [0.29, 0.717) is 18.5 Å². The van der Waals surface area contributed by atoms with Crippen LogP contribution in [0.2, 0.25) is 0 Å². The molecule has 1 saturated heterocycles. The van der Waals surface area contributed by atoms with Gasteiger partial charge in [-0.3, -0.25) is 14.9 Å². The van der Waals surface area contributed by atoms with E-state index in [4.69, 9.17) is 9.47 Å². The molecular weight excluding hydrogens is 379 g/mol. The molecule has 2 rings (SSSR count). The van der Waals surface area contributed by atoms with Gasteiger partial charge in [0.2, 0.25) is 0 Å². The first-order valence-corrected chi connectivity index (χ1v) is 9.26. The normalized spacial score (nSPS) is 19.1. The zero-order chi connectivity index (χ0) is 19.8. The number of amides is 1. The van der Waals surface area contributed by atoms with Crippen molar-refractivity contribution in [2.75, 3.05) is 26.4 Å². The Morgan fingerprint density at radius 3 is 2.67 bits per heavy atom. The van der Waals surface area contributed by atoms with Crippen LogP contribution in [0.3, 0.4) is 0 Å². The van der Waals surface area contributed by atoms with E-state index >= 15 is 0 Å². The third-order valence-electron chi connectivity index (χ3n) is 3.98. The van der Waals surface area contributed by atoms with Gasteiger partial charge < -0.3 is 14.4 Å². The van der Waals surface area contributed by atoms with Gasteiger partial charge in [-0.1, -0.05) is 11.8 Å². The molecule has 0 spiro atoms. The number of alkyl halides is 1. The van der Waals surface area contributed by atoms with Crippen molar-refractivity contribution in [3.8, 4) is 0 Å². The number of likely N-dealkylation sites (tertiary alicyclic amines) is 1. The summed E-state index contributed by atoms with van der Waals surface area (Å²) in [6.07, 6.45) is -0.00255. The van der Waals surface area contributed by atoms with E-state index < -0.39 is 17.7 Å². The molecule has 0 unspecified atom stereocenters. The third-order valence-corrected chi connectivity index (χ3v) is 4.99. The van der Waals surface area contributed by atoms with Crippen molar-refractivity contribution in [1.29, 1.82) is 0 Å². The van der Waals surface area contributed by atoms with Crippen molar-refractivity contribution >= 4 is 28.7 Å². The van der Waals surface area contributed by atoms with E-state index in [2.05, 4.69) is 0 Å². The van der Waals surface area contributed by atoms with Crippen molar-refractivity contribution in [3.05, 3.63) is 39.9 Å². The molecule has 0 N–H and O–H groups in total. The van der Waals surface area contributed by atoms with Crippen LogP contribution in [0.1, 0.15) is 18.9 Å². The highest BCUT2D eigenvalue weighted by Crippen LogP contribution is 2.29. The molecule has 0 bridgehead atoms. The van der Waals surface area contributed by atoms with Crippen LogP contribution in [0.4, 0.5) is 14.9 Å². The van der Waals surface area contributed by atoms with Crippen LogP contribution >= 0.6 is 11.8 Å². The second-order valence-electron chi connectivity index (χ2n) is 6.02. The highest BCUT2D eigenvalue weighted by Gasteiger charge is 2.37. The quantitative estimate of drug-likeness (QED) is 0.376. The Labute approximate surface area is 160 Å². The van der Waals surface area contributed by atoms with Gasteiger partial charge in [-0.2, -0.15) is 0 Å². The summed E-state index contributed by atoms with van der Waals surface area (Å²) < 4.78 is 22.7. The maximum absolute atomic E-state index is 12.4. The lowest BCUT2D eigenvalue weighted by atomic mass is 10.2. The van der Waals surface area contributed by atoms with Crippen molar-refractivity contribution in [1.82, 2.24) is 4.90 Å². The van der Waals surface area contributed by atoms with Gasteiger partial charge in [0.1, 0.15) is 13.3 Å². The van der Waals surface area contributed by atoms with Crippen molar-refractivity contribution in [3.63, 3.8) is 0 Å². The van der Waals surface area contributed by atoms with Gasteiger partial charge in [0.15, 0.2) is 5.12 Å². The van der Waals surface area contributed by atoms with Crippen LogP contribution in [0, 0.1) is 10.1 Å². The van der Waals surface area contributed by atoms with Crippen LogP contribution in [0.5, 0.6) is 0 Å². The molecule has 27 heavy (non-hydrogen) atoms. The molecule has 1 aromatic carbocycles. The molecule has 1 aliphatic rings. The number of non-ortho nitro benzene ring substituents is 1. The molecule has 0 aromatic heterocycles. The third kappa shape index (κ3) is 6.47. The molecule has 0 aliphatic carbocycles. The summed E-state index contributed by atoms with van der Waals surface area (Å²) in [4.78, 5) is 35.4. The number of halogens is 1. The number of thioether (sulfide) groups is 1. The monoisotopic (exact) mass is 400 g/mol. The summed E-state index contributed by atoms with van der Waals surface area (Å²) >= 11 is 1.16. The number of rotatable bonds is 8. The highest BCUT2D eigenvalue weighted by molar-refractivity contribution is 8.14. The number of carbonyl (C=O) groups is 2. The van der Waals surface area contributed by atoms with Crippen molar-refractivity contribution in [2.24, 2.45) is 0 Å². The van der Waals surface area contributed by atoms with Crippen LogP contribution in [-0.4, -0.2) is 58.8 Å². The lowest BCUT2D eigenvalue weighted by Crippen LogP contribution is -2.39. The van der Waals surface area contributed by atoms with E-state index in [0.717, 1.165) is 11.8 Å². The summed E-state index contributed by atoms with van der Waals surface area (Å²) in [5, 5.41) is 10.6. The van der Waals surface area contributed by atoms with Crippen LogP contribution in [-0.2, 0) is 20.9 Å². The fourth-order valence-electron chi connectivity index (χ4n) is 2.79. The maximum Gasteiger partial charge on any atom is 0.410 e. The Balaban J connectivity index is 1.93. The predicted molar refractivity (Wildman–Crippen MR) is 97.2 cm³/mol. The summed E-state index contributed by atoms with van der Waals surface area (Å²) in [5.41, 5.74) is 0.576. The molecule has 1 amide bonds. The molecule has 0 radical (unpaired) electrons. The van der Waals surface area contributed by atoms with E-state index in [1.807, 2.05) is 0 Å². The Morgan fingerprint density at radius 1 is 1.37 bits per heavy atom. The second kappa shape index (κ2) is 10.2. The van der Waals surface area contributed by atoms with Crippen LogP contribution < -0.4 is 0 Å². The zero-order valence-corrected chi connectivity index (χ0v) is 15.7. The van der Waals surface area contributed by atoms with Gasteiger partial charge in [0.05, 0.1) is 24.2 Å². The van der Waals surface area contributed by atoms with Crippen molar-refractivity contribution in [2.45, 2.75) is 31.2 Å². The number of nitro groups is 1. The number of hydrogen-bond donors (Lipinski definition) is 0. The molecule has 1 aliphatic heterocycles. The number of hydrogen-bond acceptors (Lipinski definition) is 7. The number of benzene rings is 1. The maximum atomic E-state index is 12.4. The largest absolute Gasteiger partial charge is 0.445 e. The smallest absolute Gasteiger partial charge is 0.410 e. The first-order chi connectivity index (χ1) is 12.9. The van der Waals surface area contributed by atoms with E-state index in [1.165, 1.54) is 36.1 Å². The van der Waals surface area contributed by atoms with E-state index in [1.54, 1.807) is 0 Å². The fourth-order valence-corrected chi connectivity index (χ4v) is 3.81. The van der Waals surface area contributed by atoms with Crippen molar-refractivity contribution < 1.29 is 28.4 Å². The summed E-state index contributed by atoms with van der Waals surface area (Å²) in [7, 11) is 0.